The van der Waals surface area contributed by atoms with Crippen molar-refractivity contribution in [2.75, 3.05) is 0 Å². The molecule has 0 atom stereocenters. The van der Waals surface area contributed by atoms with Gasteiger partial charge in [-0.1, -0.05) is 32.1 Å². The van der Waals surface area contributed by atoms with Gasteiger partial charge in [0.05, 0.1) is 0 Å². The molecule has 78 valence electrons. The van der Waals surface area contributed by atoms with Gasteiger partial charge in [0.15, 0.2) is 0 Å². The van der Waals surface area contributed by atoms with Crippen LogP contribution < -0.4 is 0 Å². The number of H-pyrrole nitrogens is 1. The van der Waals surface area contributed by atoms with E-state index in [1.807, 2.05) is 6.92 Å². The maximum Gasteiger partial charge on any atom is 0.127 e. The van der Waals surface area contributed by atoms with Crippen LogP contribution in [0.25, 0.3) is 0 Å². The van der Waals surface area contributed by atoms with Crippen molar-refractivity contribution in [1.29, 1.82) is 0 Å². The molecule has 1 N–H and O–H groups in total. The van der Waals surface area contributed by atoms with Crippen molar-refractivity contribution in [3.8, 4) is 0 Å². The highest BCUT2D eigenvalue weighted by Gasteiger charge is 2.16. The molecule has 3 heteroatoms. The molecule has 0 spiro atoms. The summed E-state index contributed by atoms with van der Waals surface area (Å²) in [6.45, 7) is 2.01. The lowest BCUT2D eigenvalue weighted by molar-refractivity contribution is 0.354. The molecule has 0 unspecified atom stereocenters. The number of nitrogens with zero attached hydrogens (tertiary/aromatic N) is 1. The average molecular weight is 257 g/mol. The minimum absolute atomic E-state index is 0.875. The Bertz CT molecular complexity index is 300. The largest absolute Gasteiger partial charge is 0.345 e. The van der Waals surface area contributed by atoms with E-state index in [1.165, 1.54) is 44.2 Å². The maximum absolute atomic E-state index is 4.34. The summed E-state index contributed by atoms with van der Waals surface area (Å²) in [7, 11) is 0. The molecule has 1 saturated carbocycles. The fraction of sp³-hybridized carbons (Fsp3) is 0.727. The molecule has 2 rings (SSSR count). The second kappa shape index (κ2) is 4.47. The highest BCUT2D eigenvalue weighted by molar-refractivity contribution is 9.10. The lowest BCUT2D eigenvalue weighted by Gasteiger charge is -2.20. The van der Waals surface area contributed by atoms with E-state index in [1.54, 1.807) is 0 Å². The lowest BCUT2D eigenvalue weighted by atomic mass is 9.86. The van der Waals surface area contributed by atoms with Crippen LogP contribution in [0.2, 0.25) is 0 Å². The SMILES string of the molecule is Cc1nc(Br)c(CC2CCCCC2)[nH]1. The third-order valence-electron chi connectivity index (χ3n) is 3.06. The molecule has 1 fully saturated rings. The van der Waals surface area contributed by atoms with Crippen LogP contribution in [0, 0.1) is 12.8 Å². The highest BCUT2D eigenvalue weighted by Crippen LogP contribution is 2.28. The number of halogens is 1. The molecular formula is C11H17BrN2. The van der Waals surface area contributed by atoms with Crippen LogP contribution in [0.5, 0.6) is 0 Å². The molecule has 1 aromatic heterocycles. The molecule has 0 aliphatic heterocycles. The van der Waals surface area contributed by atoms with Crippen LogP contribution in [0.15, 0.2) is 4.60 Å². The summed E-state index contributed by atoms with van der Waals surface area (Å²) in [6.07, 6.45) is 8.21. The van der Waals surface area contributed by atoms with E-state index < -0.39 is 0 Å². The van der Waals surface area contributed by atoms with Crippen molar-refractivity contribution in [3.05, 3.63) is 16.1 Å². The quantitative estimate of drug-likeness (QED) is 0.861. The lowest BCUT2D eigenvalue weighted by Crippen LogP contribution is -2.09. The molecule has 0 aromatic carbocycles. The summed E-state index contributed by atoms with van der Waals surface area (Å²) < 4.78 is 1.01. The Morgan fingerprint density at radius 2 is 2.07 bits per heavy atom. The van der Waals surface area contributed by atoms with Crippen LogP contribution in [-0.2, 0) is 6.42 Å². The Morgan fingerprint density at radius 1 is 1.36 bits per heavy atom. The van der Waals surface area contributed by atoms with Crippen molar-refractivity contribution < 1.29 is 0 Å². The first-order valence-corrected chi connectivity index (χ1v) is 6.26. The van der Waals surface area contributed by atoms with Gasteiger partial charge in [-0.25, -0.2) is 4.98 Å². The molecule has 1 heterocycles. The number of aromatic amines is 1. The van der Waals surface area contributed by atoms with Crippen molar-refractivity contribution >= 4 is 15.9 Å². The first-order valence-electron chi connectivity index (χ1n) is 5.46. The Kier molecular flexibility index (Phi) is 3.26. The summed E-state index contributed by atoms with van der Waals surface area (Å²) in [5.74, 6) is 1.89. The third-order valence-corrected chi connectivity index (χ3v) is 3.72. The normalized spacial score (nSPS) is 18.7. The zero-order valence-corrected chi connectivity index (χ0v) is 10.2. The van der Waals surface area contributed by atoms with Crippen LogP contribution in [0.1, 0.15) is 43.6 Å². The molecule has 2 nitrogen and oxygen atoms in total. The van der Waals surface area contributed by atoms with E-state index in [0.717, 1.165) is 16.3 Å². The van der Waals surface area contributed by atoms with Crippen LogP contribution in [0.3, 0.4) is 0 Å². The summed E-state index contributed by atoms with van der Waals surface area (Å²) in [5, 5.41) is 0. The predicted molar refractivity (Wildman–Crippen MR) is 61.3 cm³/mol. The third kappa shape index (κ3) is 2.38. The van der Waals surface area contributed by atoms with Gasteiger partial charge in [-0.05, 0) is 35.2 Å². The Labute approximate surface area is 93.6 Å². The molecule has 0 bridgehead atoms. The number of aromatic nitrogens is 2. The number of hydrogen-bond acceptors (Lipinski definition) is 1. The molecular weight excluding hydrogens is 240 g/mol. The van der Waals surface area contributed by atoms with Gasteiger partial charge in [0.2, 0.25) is 0 Å². The van der Waals surface area contributed by atoms with Crippen LogP contribution in [0.4, 0.5) is 0 Å². The van der Waals surface area contributed by atoms with Gasteiger partial charge >= 0.3 is 0 Å². The highest BCUT2D eigenvalue weighted by atomic mass is 79.9. The molecule has 1 aromatic rings. The van der Waals surface area contributed by atoms with Gasteiger partial charge in [-0.15, -0.1) is 0 Å². The Morgan fingerprint density at radius 3 is 2.64 bits per heavy atom. The first kappa shape index (κ1) is 10.2. The van der Waals surface area contributed by atoms with E-state index in [2.05, 4.69) is 25.9 Å². The fourth-order valence-electron chi connectivity index (χ4n) is 2.33. The Balaban J connectivity index is 1.98. The average Bonchev–Trinajstić information content (AvgIpc) is 2.47. The van der Waals surface area contributed by atoms with Gasteiger partial charge in [-0.2, -0.15) is 0 Å². The fourth-order valence-corrected chi connectivity index (χ4v) is 2.85. The minimum Gasteiger partial charge on any atom is -0.345 e. The maximum atomic E-state index is 4.34. The van der Waals surface area contributed by atoms with Crippen molar-refractivity contribution in [1.82, 2.24) is 9.97 Å². The van der Waals surface area contributed by atoms with Gasteiger partial charge in [-0.3, -0.25) is 0 Å². The smallest absolute Gasteiger partial charge is 0.127 e. The standard InChI is InChI=1S/C11H17BrN2/c1-8-13-10(11(12)14-8)7-9-5-3-2-4-6-9/h9H,2-7H2,1H3,(H,13,14). The topological polar surface area (TPSA) is 28.7 Å². The van der Waals surface area contributed by atoms with Crippen molar-refractivity contribution in [3.63, 3.8) is 0 Å². The number of aryl methyl sites for hydroxylation is 1. The van der Waals surface area contributed by atoms with E-state index in [4.69, 9.17) is 0 Å². The molecule has 1 aliphatic rings. The Hall–Kier alpha value is -0.310. The molecule has 1 aliphatic carbocycles. The van der Waals surface area contributed by atoms with E-state index in [-0.39, 0.29) is 0 Å². The van der Waals surface area contributed by atoms with Crippen LogP contribution >= 0.6 is 15.9 Å². The van der Waals surface area contributed by atoms with E-state index in [9.17, 15) is 0 Å². The summed E-state index contributed by atoms with van der Waals surface area (Å²) in [5.41, 5.74) is 1.29. The zero-order chi connectivity index (χ0) is 9.97. The monoisotopic (exact) mass is 256 g/mol. The van der Waals surface area contributed by atoms with Gasteiger partial charge in [0.25, 0.3) is 0 Å². The molecule has 14 heavy (non-hydrogen) atoms. The number of rotatable bonds is 2. The van der Waals surface area contributed by atoms with E-state index >= 15 is 0 Å². The number of imidazole rings is 1. The molecule has 0 amide bonds. The second-order valence-electron chi connectivity index (χ2n) is 4.30. The zero-order valence-electron chi connectivity index (χ0n) is 8.65. The molecule has 0 saturated heterocycles. The predicted octanol–water partition coefficient (Wildman–Crippen LogP) is 3.60. The number of nitrogens with one attached hydrogen (secondary N) is 1. The molecule has 0 radical (unpaired) electrons. The summed E-state index contributed by atoms with van der Waals surface area (Å²) in [4.78, 5) is 7.67. The van der Waals surface area contributed by atoms with Gasteiger partial charge in [0.1, 0.15) is 10.4 Å². The van der Waals surface area contributed by atoms with Crippen LogP contribution in [-0.4, -0.2) is 9.97 Å². The van der Waals surface area contributed by atoms with E-state index in [0.29, 0.717) is 0 Å². The van der Waals surface area contributed by atoms with Gasteiger partial charge < -0.3 is 4.98 Å². The van der Waals surface area contributed by atoms with Crippen molar-refractivity contribution in [2.24, 2.45) is 5.92 Å². The summed E-state index contributed by atoms with van der Waals surface area (Å²) >= 11 is 3.50. The minimum atomic E-state index is 0.875. The van der Waals surface area contributed by atoms with Gasteiger partial charge in [0, 0.05) is 5.69 Å². The van der Waals surface area contributed by atoms with Crippen molar-refractivity contribution in [2.45, 2.75) is 45.4 Å². The first-order chi connectivity index (χ1) is 6.75. The summed E-state index contributed by atoms with van der Waals surface area (Å²) in [6, 6.07) is 0. The second-order valence-corrected chi connectivity index (χ2v) is 5.05. The number of hydrogen-bond donors (Lipinski definition) is 1.